The van der Waals surface area contributed by atoms with Crippen LogP contribution in [-0.2, 0) is 19.5 Å². The van der Waals surface area contributed by atoms with E-state index in [0.29, 0.717) is 46.9 Å². The van der Waals surface area contributed by atoms with Gasteiger partial charge in [0.25, 0.3) is 0 Å². The summed E-state index contributed by atoms with van der Waals surface area (Å²) in [4.78, 5) is 11.7. The van der Waals surface area contributed by atoms with Crippen LogP contribution in [0, 0.1) is 0 Å². The molecular formula is C36H40Cl2N4O4. The molecule has 2 aromatic heterocycles. The lowest BCUT2D eigenvalue weighted by Crippen LogP contribution is -2.51. The van der Waals surface area contributed by atoms with Crippen molar-refractivity contribution in [2.45, 2.75) is 63.9 Å². The first-order valence-electron chi connectivity index (χ1n) is 15.6. The van der Waals surface area contributed by atoms with Crippen LogP contribution in [0.3, 0.4) is 0 Å². The van der Waals surface area contributed by atoms with Gasteiger partial charge in [0, 0.05) is 71.8 Å². The highest BCUT2D eigenvalue weighted by molar-refractivity contribution is 6.39. The Labute approximate surface area is 280 Å². The van der Waals surface area contributed by atoms with Gasteiger partial charge in [0.05, 0.1) is 47.4 Å². The summed E-state index contributed by atoms with van der Waals surface area (Å²) in [5.41, 5.74) is 7.19. The number of rotatable bonds is 10. The van der Waals surface area contributed by atoms with Crippen molar-refractivity contribution in [2.75, 3.05) is 27.3 Å². The monoisotopic (exact) mass is 662 g/mol. The van der Waals surface area contributed by atoms with Crippen LogP contribution in [0.5, 0.6) is 11.6 Å². The Morgan fingerprint density at radius 2 is 1.80 bits per heavy atom. The Kier molecular flexibility index (Phi) is 9.57. The summed E-state index contributed by atoms with van der Waals surface area (Å²) >= 11 is 14.2. The molecule has 1 atom stereocenters. The van der Waals surface area contributed by atoms with Crippen molar-refractivity contribution in [1.82, 2.24) is 20.2 Å². The van der Waals surface area contributed by atoms with E-state index in [2.05, 4.69) is 21.3 Å². The molecule has 4 aromatic rings. The van der Waals surface area contributed by atoms with Gasteiger partial charge in [-0.15, -0.1) is 0 Å². The van der Waals surface area contributed by atoms with Crippen LogP contribution in [0.1, 0.15) is 43.4 Å². The predicted molar refractivity (Wildman–Crippen MR) is 183 cm³/mol. The molecule has 0 unspecified atom stereocenters. The number of nitrogens with zero attached hydrogens (tertiary/aromatic N) is 3. The highest BCUT2D eigenvalue weighted by Crippen LogP contribution is 2.43. The van der Waals surface area contributed by atoms with Gasteiger partial charge in [0.1, 0.15) is 5.75 Å². The average Bonchev–Trinajstić information content (AvgIpc) is 3.02. The van der Waals surface area contributed by atoms with Crippen molar-refractivity contribution in [3.05, 3.63) is 81.5 Å². The molecule has 0 saturated heterocycles. The minimum absolute atomic E-state index is 0.272. The second-order valence-corrected chi connectivity index (χ2v) is 13.4. The van der Waals surface area contributed by atoms with Crippen molar-refractivity contribution in [1.29, 1.82) is 0 Å². The lowest BCUT2D eigenvalue weighted by Gasteiger charge is -2.41. The Morgan fingerprint density at radius 1 is 1.04 bits per heavy atom. The fourth-order valence-corrected chi connectivity index (χ4v) is 7.30. The van der Waals surface area contributed by atoms with Crippen LogP contribution in [0.25, 0.3) is 33.6 Å². The van der Waals surface area contributed by atoms with Crippen LogP contribution in [0.2, 0.25) is 10.0 Å². The van der Waals surface area contributed by atoms with E-state index >= 15 is 0 Å². The van der Waals surface area contributed by atoms with Crippen molar-refractivity contribution >= 4 is 23.2 Å². The number of β-amino-alcohol motifs (C(OH)–C–C–N with tert-alkyl or cyclic N) is 1. The standard InChI is InChI=1S/C36H40Cl2N4O4/c1-21(43)19-42-13-11-22-14-24(15-31(45-3)29(22)20-42)34-33(38)27(10-12-39-34)26-6-5-7-28(32(26)37)30-9-8-23(35(41-30)46-4)18-40-25-16-36(2,44)17-25/h5-10,12,14-15,21,25,40,43-44H,11,13,16-20H2,1-4H3/t21-,25-,36-/m0/s1. The Balaban J connectivity index is 1.29. The summed E-state index contributed by atoms with van der Waals surface area (Å²) in [7, 11) is 3.29. The normalized spacial score (nSPS) is 20.1. The molecule has 1 fully saturated rings. The van der Waals surface area contributed by atoms with Gasteiger partial charge in [0.2, 0.25) is 5.88 Å². The molecule has 0 amide bonds. The van der Waals surface area contributed by atoms with Gasteiger partial charge >= 0.3 is 0 Å². The number of aliphatic hydroxyl groups excluding tert-OH is 1. The van der Waals surface area contributed by atoms with E-state index in [9.17, 15) is 10.2 Å². The highest BCUT2D eigenvalue weighted by Gasteiger charge is 2.38. The number of nitrogens with one attached hydrogen (secondary N) is 1. The zero-order chi connectivity index (χ0) is 32.6. The van der Waals surface area contributed by atoms with Gasteiger partial charge in [-0.25, -0.2) is 4.98 Å². The Bertz CT molecular complexity index is 1720. The minimum atomic E-state index is -0.583. The molecule has 2 aliphatic rings. The van der Waals surface area contributed by atoms with Gasteiger partial charge in [-0.1, -0.05) is 47.5 Å². The van der Waals surface area contributed by atoms with Gasteiger partial charge < -0.3 is 25.0 Å². The quantitative estimate of drug-likeness (QED) is 0.176. The number of aromatic nitrogens is 2. The summed E-state index contributed by atoms with van der Waals surface area (Å²) in [5.74, 6) is 1.31. The van der Waals surface area contributed by atoms with E-state index < -0.39 is 5.60 Å². The van der Waals surface area contributed by atoms with Crippen LogP contribution < -0.4 is 14.8 Å². The van der Waals surface area contributed by atoms with Crippen molar-refractivity contribution < 1.29 is 19.7 Å². The van der Waals surface area contributed by atoms with Crippen molar-refractivity contribution in [3.8, 4) is 45.3 Å². The number of aliphatic hydroxyl groups is 2. The fourth-order valence-electron chi connectivity index (χ4n) is 6.66. The first kappa shape index (κ1) is 32.7. The SMILES string of the molecule is COc1cc(-c2nccc(-c3cccc(-c4ccc(CN[C@H]5C[C@](C)(O)C5)c(OC)n4)c3Cl)c2Cl)cc2c1CN(C[C@H](C)O)CC2. The molecule has 8 nitrogen and oxygen atoms in total. The second-order valence-electron chi connectivity index (χ2n) is 12.7. The van der Waals surface area contributed by atoms with Crippen LogP contribution in [0.4, 0.5) is 0 Å². The number of hydrogen-bond donors (Lipinski definition) is 3. The zero-order valence-electron chi connectivity index (χ0n) is 26.6. The second kappa shape index (κ2) is 13.5. The Morgan fingerprint density at radius 3 is 2.52 bits per heavy atom. The smallest absolute Gasteiger partial charge is 0.218 e. The number of ether oxygens (including phenoxy) is 2. The zero-order valence-corrected chi connectivity index (χ0v) is 28.1. The topological polar surface area (TPSA) is 100.0 Å². The summed E-state index contributed by atoms with van der Waals surface area (Å²) < 4.78 is 11.5. The highest BCUT2D eigenvalue weighted by atomic mass is 35.5. The van der Waals surface area contributed by atoms with E-state index in [4.69, 9.17) is 37.7 Å². The van der Waals surface area contributed by atoms with Gasteiger partial charge in [-0.05, 0) is 62.9 Å². The average molecular weight is 664 g/mol. The molecular weight excluding hydrogens is 623 g/mol. The molecule has 3 heterocycles. The number of halogens is 2. The van der Waals surface area contributed by atoms with E-state index in [1.807, 2.05) is 56.3 Å². The van der Waals surface area contributed by atoms with Crippen LogP contribution in [0.15, 0.2) is 54.7 Å². The molecule has 3 N–H and O–H groups in total. The molecule has 242 valence electrons. The first-order valence-corrected chi connectivity index (χ1v) is 16.4. The largest absolute Gasteiger partial charge is 0.496 e. The van der Waals surface area contributed by atoms with Crippen LogP contribution >= 0.6 is 23.2 Å². The van der Waals surface area contributed by atoms with E-state index in [-0.39, 0.29) is 12.1 Å². The van der Waals surface area contributed by atoms with Gasteiger partial charge in [0.15, 0.2) is 0 Å². The maximum absolute atomic E-state index is 10.0. The Hall–Kier alpha value is -3.24. The first-order chi connectivity index (χ1) is 22.1. The molecule has 0 bridgehead atoms. The number of hydrogen-bond acceptors (Lipinski definition) is 8. The number of fused-ring (bicyclic) bond motifs is 1. The molecule has 0 radical (unpaired) electrons. The lowest BCUT2D eigenvalue weighted by molar-refractivity contribution is -0.0393. The maximum Gasteiger partial charge on any atom is 0.218 e. The summed E-state index contributed by atoms with van der Waals surface area (Å²) in [6.45, 7) is 6.45. The van der Waals surface area contributed by atoms with Crippen molar-refractivity contribution in [3.63, 3.8) is 0 Å². The third-order valence-corrected chi connectivity index (χ3v) is 9.73. The number of methoxy groups -OCH3 is 2. The van der Waals surface area contributed by atoms with E-state index in [1.165, 1.54) is 5.56 Å². The maximum atomic E-state index is 10.0. The fraction of sp³-hybridized carbons (Fsp3) is 0.389. The van der Waals surface area contributed by atoms with E-state index in [0.717, 1.165) is 64.9 Å². The third-order valence-electron chi connectivity index (χ3n) is 8.94. The summed E-state index contributed by atoms with van der Waals surface area (Å²) in [6.07, 6.45) is 3.66. The number of pyridine rings is 2. The minimum Gasteiger partial charge on any atom is -0.496 e. The molecule has 10 heteroatoms. The molecule has 0 spiro atoms. The molecule has 1 aliphatic heterocycles. The molecule has 2 aromatic carbocycles. The summed E-state index contributed by atoms with van der Waals surface area (Å²) in [6, 6.07) is 16.1. The molecule has 1 aliphatic carbocycles. The van der Waals surface area contributed by atoms with Gasteiger partial charge in [-0.2, -0.15) is 0 Å². The van der Waals surface area contributed by atoms with Crippen molar-refractivity contribution in [2.24, 2.45) is 0 Å². The van der Waals surface area contributed by atoms with Crippen LogP contribution in [-0.4, -0.2) is 70.1 Å². The molecule has 1 saturated carbocycles. The third kappa shape index (κ3) is 6.74. The van der Waals surface area contributed by atoms with Gasteiger partial charge in [-0.3, -0.25) is 9.88 Å². The molecule has 6 rings (SSSR count). The lowest BCUT2D eigenvalue weighted by atomic mass is 9.77. The molecule has 46 heavy (non-hydrogen) atoms. The number of benzene rings is 2. The summed E-state index contributed by atoms with van der Waals surface area (Å²) in [5, 5.41) is 24.4. The van der Waals surface area contributed by atoms with E-state index in [1.54, 1.807) is 20.4 Å². The predicted octanol–water partition coefficient (Wildman–Crippen LogP) is 6.54.